The number of thiazole rings is 1. The first-order valence-corrected chi connectivity index (χ1v) is 7.82. The van der Waals surface area contributed by atoms with Gasteiger partial charge in [-0.2, -0.15) is 0 Å². The van der Waals surface area contributed by atoms with Crippen LogP contribution < -0.4 is 0 Å². The largest absolute Gasteiger partial charge is 0.377 e. The Morgan fingerprint density at radius 1 is 1.45 bits per heavy atom. The van der Waals surface area contributed by atoms with Crippen LogP contribution in [0.5, 0.6) is 0 Å². The minimum atomic E-state index is 0.332. The quantitative estimate of drug-likeness (QED) is 0.819. The van der Waals surface area contributed by atoms with E-state index in [1.165, 1.54) is 0 Å². The van der Waals surface area contributed by atoms with E-state index in [1.54, 1.807) is 17.5 Å². The van der Waals surface area contributed by atoms with Gasteiger partial charge in [0.2, 0.25) is 0 Å². The van der Waals surface area contributed by atoms with Crippen molar-refractivity contribution >= 4 is 11.3 Å². The van der Waals surface area contributed by atoms with E-state index in [9.17, 15) is 0 Å². The molecule has 0 aromatic carbocycles. The molecule has 3 heterocycles. The first-order chi connectivity index (χ1) is 9.79. The van der Waals surface area contributed by atoms with Gasteiger partial charge in [0.15, 0.2) is 5.76 Å². The summed E-state index contributed by atoms with van der Waals surface area (Å²) in [5.74, 6) is 0.885. The van der Waals surface area contributed by atoms with Crippen LogP contribution in [0.4, 0.5) is 0 Å². The van der Waals surface area contributed by atoms with Crippen LogP contribution in [0.1, 0.15) is 29.3 Å². The summed E-state index contributed by atoms with van der Waals surface area (Å²) >= 11 is 1.71. The fraction of sp³-hybridized carbons (Fsp3) is 0.571. The predicted octanol–water partition coefficient (Wildman–Crippen LogP) is 2.62. The molecule has 1 aliphatic rings. The third kappa shape index (κ3) is 3.65. The maximum absolute atomic E-state index is 5.74. The second-order valence-electron chi connectivity index (χ2n) is 5.17. The Morgan fingerprint density at radius 3 is 3.05 bits per heavy atom. The average molecular weight is 293 g/mol. The molecule has 0 N–H and O–H groups in total. The highest BCUT2D eigenvalue weighted by Gasteiger charge is 2.21. The van der Waals surface area contributed by atoms with Crippen LogP contribution in [-0.2, 0) is 17.8 Å². The molecular formula is C14H19N3O2S. The maximum Gasteiger partial charge on any atom is 0.150 e. The summed E-state index contributed by atoms with van der Waals surface area (Å²) in [4.78, 5) is 6.87. The molecule has 1 saturated heterocycles. The van der Waals surface area contributed by atoms with E-state index < -0.39 is 0 Å². The van der Waals surface area contributed by atoms with Crippen LogP contribution in [0, 0.1) is 6.92 Å². The molecule has 2 aromatic rings. The molecule has 0 aliphatic carbocycles. The molecule has 2 aromatic heterocycles. The monoisotopic (exact) mass is 293 g/mol. The van der Waals surface area contributed by atoms with Crippen molar-refractivity contribution in [2.45, 2.75) is 39.0 Å². The van der Waals surface area contributed by atoms with Crippen molar-refractivity contribution in [2.75, 3.05) is 13.2 Å². The fourth-order valence-corrected chi connectivity index (χ4v) is 3.29. The van der Waals surface area contributed by atoms with Gasteiger partial charge < -0.3 is 9.26 Å². The number of hydrogen-bond donors (Lipinski definition) is 0. The second kappa shape index (κ2) is 6.47. The second-order valence-corrected chi connectivity index (χ2v) is 6.11. The molecule has 1 aliphatic heterocycles. The van der Waals surface area contributed by atoms with Crippen LogP contribution in [0.25, 0.3) is 0 Å². The molecule has 1 fully saturated rings. The van der Waals surface area contributed by atoms with Crippen LogP contribution in [0.2, 0.25) is 0 Å². The number of ether oxygens (including phenoxy) is 1. The molecule has 0 radical (unpaired) electrons. The molecule has 5 nitrogen and oxygen atoms in total. The molecule has 6 heteroatoms. The minimum absolute atomic E-state index is 0.332. The Balaban J connectivity index is 1.65. The number of hydrogen-bond acceptors (Lipinski definition) is 6. The number of aryl methyl sites for hydroxylation is 1. The van der Waals surface area contributed by atoms with Gasteiger partial charge in [-0.05, 0) is 19.8 Å². The zero-order valence-corrected chi connectivity index (χ0v) is 12.4. The highest BCUT2D eigenvalue weighted by atomic mass is 32.1. The predicted molar refractivity (Wildman–Crippen MR) is 76.4 cm³/mol. The van der Waals surface area contributed by atoms with Gasteiger partial charge in [-0.25, -0.2) is 4.98 Å². The summed E-state index contributed by atoms with van der Waals surface area (Å²) in [5, 5.41) is 7.00. The van der Waals surface area contributed by atoms with Crippen molar-refractivity contribution in [3.8, 4) is 0 Å². The summed E-state index contributed by atoms with van der Waals surface area (Å²) in [6.07, 6.45) is 4.33. The third-order valence-corrected chi connectivity index (χ3v) is 4.33. The maximum atomic E-state index is 5.74. The Hall–Kier alpha value is -1.24. The van der Waals surface area contributed by atoms with Crippen molar-refractivity contribution in [1.82, 2.24) is 15.0 Å². The van der Waals surface area contributed by atoms with Crippen molar-refractivity contribution in [3.05, 3.63) is 34.1 Å². The summed E-state index contributed by atoms with van der Waals surface area (Å²) in [5.41, 5.74) is 1.08. The molecule has 0 spiro atoms. The highest BCUT2D eigenvalue weighted by molar-refractivity contribution is 7.09. The van der Waals surface area contributed by atoms with Gasteiger partial charge in [-0.3, -0.25) is 4.90 Å². The zero-order chi connectivity index (χ0) is 13.8. The van der Waals surface area contributed by atoms with E-state index in [2.05, 4.69) is 20.4 Å². The summed E-state index contributed by atoms with van der Waals surface area (Å²) in [6.45, 7) is 5.41. The number of rotatable bonds is 6. The van der Waals surface area contributed by atoms with Gasteiger partial charge in [0, 0.05) is 30.3 Å². The van der Waals surface area contributed by atoms with E-state index in [0.717, 1.165) is 55.5 Å². The van der Waals surface area contributed by atoms with Gasteiger partial charge in [0.1, 0.15) is 5.01 Å². The van der Waals surface area contributed by atoms with E-state index in [0.29, 0.717) is 6.10 Å². The summed E-state index contributed by atoms with van der Waals surface area (Å²) < 4.78 is 11.0. The number of aromatic nitrogens is 2. The summed E-state index contributed by atoms with van der Waals surface area (Å²) in [6, 6.07) is 1.91. The number of nitrogens with zero attached hydrogens (tertiary/aromatic N) is 3. The Bertz CT molecular complexity index is 520. The van der Waals surface area contributed by atoms with Crippen molar-refractivity contribution in [1.29, 1.82) is 0 Å². The van der Waals surface area contributed by atoms with Gasteiger partial charge in [0.25, 0.3) is 0 Å². The lowest BCUT2D eigenvalue weighted by Gasteiger charge is -2.23. The van der Waals surface area contributed by atoms with Gasteiger partial charge >= 0.3 is 0 Å². The van der Waals surface area contributed by atoms with Gasteiger partial charge in [-0.15, -0.1) is 11.3 Å². The minimum Gasteiger partial charge on any atom is -0.377 e. The lowest BCUT2D eigenvalue weighted by molar-refractivity contribution is 0.0646. The molecule has 20 heavy (non-hydrogen) atoms. The van der Waals surface area contributed by atoms with E-state index >= 15 is 0 Å². The smallest absolute Gasteiger partial charge is 0.150 e. The third-order valence-electron chi connectivity index (χ3n) is 3.38. The molecule has 0 amide bonds. The lowest BCUT2D eigenvalue weighted by Crippen LogP contribution is -2.31. The molecular weight excluding hydrogens is 274 g/mol. The zero-order valence-electron chi connectivity index (χ0n) is 11.6. The van der Waals surface area contributed by atoms with Gasteiger partial charge in [0.05, 0.1) is 25.4 Å². The molecule has 1 atom stereocenters. The molecule has 108 valence electrons. The van der Waals surface area contributed by atoms with Crippen molar-refractivity contribution in [2.24, 2.45) is 0 Å². The molecule has 0 saturated carbocycles. The molecule has 0 bridgehead atoms. The molecule has 0 unspecified atom stereocenters. The van der Waals surface area contributed by atoms with E-state index in [4.69, 9.17) is 9.26 Å². The van der Waals surface area contributed by atoms with Crippen LogP contribution in [0.3, 0.4) is 0 Å². The Labute approximate surface area is 122 Å². The normalized spacial score (nSPS) is 19.0. The van der Waals surface area contributed by atoms with E-state index in [1.807, 2.05) is 13.0 Å². The van der Waals surface area contributed by atoms with Gasteiger partial charge in [-0.1, -0.05) is 5.16 Å². The first kappa shape index (κ1) is 13.7. The van der Waals surface area contributed by atoms with Crippen molar-refractivity contribution < 1.29 is 9.26 Å². The Morgan fingerprint density at radius 2 is 2.40 bits per heavy atom. The fourth-order valence-electron chi connectivity index (χ4n) is 2.47. The van der Waals surface area contributed by atoms with Crippen LogP contribution in [-0.4, -0.2) is 34.3 Å². The van der Waals surface area contributed by atoms with Crippen LogP contribution in [0.15, 0.2) is 22.2 Å². The van der Waals surface area contributed by atoms with Crippen molar-refractivity contribution in [3.63, 3.8) is 0 Å². The summed E-state index contributed by atoms with van der Waals surface area (Å²) in [7, 11) is 0. The standard InChI is InChI=1S/C14H19N3O2S/c1-11-10-20-14(16-11)9-17(7-12-3-2-6-18-12)8-13-4-5-15-19-13/h4-5,10,12H,2-3,6-9H2,1H3/t12-/m0/s1. The van der Waals surface area contributed by atoms with Crippen LogP contribution >= 0.6 is 11.3 Å². The van der Waals surface area contributed by atoms with E-state index in [-0.39, 0.29) is 0 Å². The SMILES string of the molecule is Cc1csc(CN(Cc2ccno2)C[C@@H]2CCCO2)n1. The average Bonchev–Trinajstić information content (AvgIpc) is 3.13. The lowest BCUT2D eigenvalue weighted by atomic mass is 10.2. The molecule has 3 rings (SSSR count). The Kier molecular flexibility index (Phi) is 4.44. The highest BCUT2D eigenvalue weighted by Crippen LogP contribution is 2.18. The topological polar surface area (TPSA) is 51.4 Å². The first-order valence-electron chi connectivity index (χ1n) is 6.94.